The lowest BCUT2D eigenvalue weighted by Crippen LogP contribution is -2.51. The fourth-order valence-electron chi connectivity index (χ4n) is 2.28. The van der Waals surface area contributed by atoms with Gasteiger partial charge in [-0.25, -0.2) is 9.37 Å². The van der Waals surface area contributed by atoms with Crippen LogP contribution in [0, 0.1) is 5.82 Å². The van der Waals surface area contributed by atoms with E-state index in [0.717, 1.165) is 19.6 Å². The van der Waals surface area contributed by atoms with Gasteiger partial charge in [0, 0.05) is 44.0 Å². The summed E-state index contributed by atoms with van der Waals surface area (Å²) in [5.74, 6) is 0.167. The number of pyridine rings is 1. The highest BCUT2D eigenvalue weighted by Gasteiger charge is 2.25. The molecule has 94 valence electrons. The average Bonchev–Trinajstić information content (AvgIpc) is 2.30. The van der Waals surface area contributed by atoms with Gasteiger partial charge in [0.1, 0.15) is 0 Å². The Morgan fingerprint density at radius 3 is 2.94 bits per heavy atom. The van der Waals surface area contributed by atoms with Crippen LogP contribution in [0.15, 0.2) is 12.3 Å². The van der Waals surface area contributed by atoms with Crippen molar-refractivity contribution >= 4 is 5.82 Å². The molecule has 2 N–H and O–H groups in total. The quantitative estimate of drug-likeness (QED) is 0.828. The lowest BCUT2D eigenvalue weighted by molar-refractivity contribution is 0.273. The van der Waals surface area contributed by atoms with E-state index in [0.29, 0.717) is 11.4 Å². The van der Waals surface area contributed by atoms with Gasteiger partial charge in [-0.2, -0.15) is 0 Å². The molecule has 1 atom stereocenters. The van der Waals surface area contributed by atoms with Crippen LogP contribution in [0.2, 0.25) is 0 Å². The third-order valence-corrected chi connectivity index (χ3v) is 3.27. The van der Waals surface area contributed by atoms with Crippen LogP contribution in [-0.2, 0) is 6.54 Å². The number of anilines is 1. The number of piperazine rings is 1. The van der Waals surface area contributed by atoms with Crippen LogP contribution in [0.3, 0.4) is 0 Å². The summed E-state index contributed by atoms with van der Waals surface area (Å²) in [6.07, 6.45) is 1.63. The first-order valence-corrected chi connectivity index (χ1v) is 5.92. The van der Waals surface area contributed by atoms with Crippen LogP contribution < -0.4 is 10.6 Å². The summed E-state index contributed by atoms with van der Waals surface area (Å²) in [5.41, 5.74) is 6.04. The van der Waals surface area contributed by atoms with Crippen LogP contribution >= 0.6 is 0 Å². The van der Waals surface area contributed by atoms with Crippen LogP contribution in [0.5, 0.6) is 0 Å². The molecule has 2 rings (SSSR count). The van der Waals surface area contributed by atoms with E-state index in [1.54, 1.807) is 12.3 Å². The molecule has 0 spiro atoms. The van der Waals surface area contributed by atoms with Crippen LogP contribution in [0.1, 0.15) is 12.5 Å². The van der Waals surface area contributed by atoms with E-state index in [9.17, 15) is 4.39 Å². The number of halogens is 1. The van der Waals surface area contributed by atoms with E-state index in [2.05, 4.69) is 23.9 Å². The van der Waals surface area contributed by atoms with Gasteiger partial charge in [0.2, 0.25) is 0 Å². The van der Waals surface area contributed by atoms with E-state index in [1.165, 1.54) is 0 Å². The van der Waals surface area contributed by atoms with Crippen molar-refractivity contribution in [1.29, 1.82) is 0 Å². The molecule has 1 aromatic rings. The molecule has 0 amide bonds. The van der Waals surface area contributed by atoms with Crippen molar-refractivity contribution in [3.05, 3.63) is 23.6 Å². The molecule has 0 radical (unpaired) electrons. The molecule has 2 heterocycles. The van der Waals surface area contributed by atoms with E-state index in [-0.39, 0.29) is 18.4 Å². The topological polar surface area (TPSA) is 45.4 Å². The predicted octanol–water partition coefficient (Wildman–Crippen LogP) is 0.820. The minimum Gasteiger partial charge on any atom is -0.349 e. The number of nitrogens with zero attached hydrogens (tertiary/aromatic N) is 3. The van der Waals surface area contributed by atoms with Crippen molar-refractivity contribution in [2.45, 2.75) is 19.5 Å². The first kappa shape index (κ1) is 12.3. The van der Waals surface area contributed by atoms with Crippen molar-refractivity contribution in [2.75, 3.05) is 31.6 Å². The van der Waals surface area contributed by atoms with Crippen molar-refractivity contribution < 1.29 is 4.39 Å². The van der Waals surface area contributed by atoms with E-state index in [4.69, 9.17) is 5.73 Å². The van der Waals surface area contributed by atoms with Crippen molar-refractivity contribution in [3.63, 3.8) is 0 Å². The predicted molar refractivity (Wildman–Crippen MR) is 66.4 cm³/mol. The van der Waals surface area contributed by atoms with Crippen LogP contribution in [0.25, 0.3) is 0 Å². The largest absolute Gasteiger partial charge is 0.349 e. The minimum absolute atomic E-state index is 0.212. The third kappa shape index (κ3) is 2.40. The molecular formula is C12H19FN4. The van der Waals surface area contributed by atoms with Crippen molar-refractivity contribution in [1.82, 2.24) is 9.88 Å². The lowest BCUT2D eigenvalue weighted by Gasteiger charge is -2.39. The third-order valence-electron chi connectivity index (χ3n) is 3.27. The smallest absolute Gasteiger partial charge is 0.170 e. The molecule has 0 aromatic carbocycles. The maximum atomic E-state index is 14.1. The molecular weight excluding hydrogens is 219 g/mol. The molecule has 0 aliphatic carbocycles. The Balaban J connectivity index is 2.28. The molecule has 1 aliphatic rings. The molecule has 1 fully saturated rings. The van der Waals surface area contributed by atoms with Crippen LogP contribution in [0.4, 0.5) is 10.2 Å². The highest BCUT2D eigenvalue weighted by atomic mass is 19.1. The molecule has 5 heteroatoms. The van der Waals surface area contributed by atoms with E-state index in [1.807, 2.05) is 4.90 Å². The number of rotatable bonds is 2. The van der Waals surface area contributed by atoms with Gasteiger partial charge in [-0.3, -0.25) is 0 Å². The first-order valence-electron chi connectivity index (χ1n) is 5.92. The number of nitrogens with two attached hydrogens (primary N) is 1. The Labute approximate surface area is 101 Å². The molecule has 17 heavy (non-hydrogen) atoms. The summed E-state index contributed by atoms with van der Waals surface area (Å²) in [6, 6.07) is 1.91. The molecule has 1 unspecified atom stereocenters. The van der Waals surface area contributed by atoms with Gasteiger partial charge in [-0.15, -0.1) is 0 Å². The Morgan fingerprint density at radius 2 is 2.29 bits per heavy atom. The normalized spacial score (nSPS) is 21.9. The Bertz CT molecular complexity index is 396. The minimum atomic E-state index is -0.272. The summed E-state index contributed by atoms with van der Waals surface area (Å²) >= 11 is 0. The van der Waals surface area contributed by atoms with Gasteiger partial charge in [-0.05, 0) is 20.0 Å². The maximum absolute atomic E-state index is 14.1. The summed E-state index contributed by atoms with van der Waals surface area (Å²) in [5, 5.41) is 0. The molecule has 1 aliphatic heterocycles. The zero-order chi connectivity index (χ0) is 12.4. The highest BCUT2D eigenvalue weighted by molar-refractivity contribution is 5.44. The second kappa shape index (κ2) is 4.98. The molecule has 4 nitrogen and oxygen atoms in total. The van der Waals surface area contributed by atoms with Crippen molar-refractivity contribution in [3.8, 4) is 0 Å². The zero-order valence-corrected chi connectivity index (χ0v) is 10.4. The molecule has 0 saturated carbocycles. The Morgan fingerprint density at radius 1 is 1.53 bits per heavy atom. The maximum Gasteiger partial charge on any atom is 0.170 e. The SMILES string of the molecule is CC1CN(C)CCN1c1nccc(CN)c1F. The molecule has 0 bridgehead atoms. The van der Waals surface area contributed by atoms with Gasteiger partial charge in [0.25, 0.3) is 0 Å². The summed E-state index contributed by atoms with van der Waals surface area (Å²) in [4.78, 5) is 8.43. The fraction of sp³-hybridized carbons (Fsp3) is 0.583. The molecule has 1 saturated heterocycles. The summed E-state index contributed by atoms with van der Waals surface area (Å²) in [7, 11) is 2.08. The summed E-state index contributed by atoms with van der Waals surface area (Å²) in [6.45, 7) is 4.96. The Hall–Kier alpha value is -1.20. The van der Waals surface area contributed by atoms with Crippen molar-refractivity contribution in [2.24, 2.45) is 5.73 Å². The van der Waals surface area contributed by atoms with Gasteiger partial charge in [0.05, 0.1) is 0 Å². The Kier molecular flexibility index (Phi) is 3.59. The lowest BCUT2D eigenvalue weighted by atomic mass is 10.1. The zero-order valence-electron chi connectivity index (χ0n) is 10.4. The number of aromatic nitrogens is 1. The van der Waals surface area contributed by atoms with Gasteiger partial charge in [0.15, 0.2) is 11.6 Å². The van der Waals surface area contributed by atoms with E-state index >= 15 is 0 Å². The van der Waals surface area contributed by atoms with Gasteiger partial charge < -0.3 is 15.5 Å². The second-order valence-corrected chi connectivity index (χ2v) is 4.62. The fourth-order valence-corrected chi connectivity index (χ4v) is 2.28. The molecule has 1 aromatic heterocycles. The average molecular weight is 238 g/mol. The van der Waals surface area contributed by atoms with Gasteiger partial charge in [-0.1, -0.05) is 0 Å². The number of hydrogen-bond donors (Lipinski definition) is 1. The standard InChI is InChI=1S/C12H19FN4/c1-9-8-16(2)5-6-17(9)12-11(13)10(7-14)3-4-15-12/h3-4,9H,5-8,14H2,1-2H3. The number of likely N-dealkylation sites (N-methyl/N-ethyl adjacent to an activating group) is 1. The highest BCUT2D eigenvalue weighted by Crippen LogP contribution is 2.23. The number of hydrogen-bond acceptors (Lipinski definition) is 4. The first-order chi connectivity index (χ1) is 8.13. The second-order valence-electron chi connectivity index (χ2n) is 4.62. The van der Waals surface area contributed by atoms with E-state index < -0.39 is 0 Å². The van der Waals surface area contributed by atoms with Gasteiger partial charge >= 0.3 is 0 Å². The van der Waals surface area contributed by atoms with Crippen LogP contribution in [-0.4, -0.2) is 42.6 Å². The monoisotopic (exact) mass is 238 g/mol. The summed E-state index contributed by atoms with van der Waals surface area (Å²) < 4.78 is 14.1.